The highest BCUT2D eigenvalue weighted by atomic mass is 31.1. The third kappa shape index (κ3) is 5.91. The third-order valence-electron chi connectivity index (χ3n) is 1.97. The van der Waals surface area contributed by atoms with E-state index in [1.165, 1.54) is 0 Å². The maximum Gasteiger partial charge on any atom is 0.212 e. The maximum absolute atomic E-state index is 8.33. The number of para-hydroxylation sites is 2. The summed E-state index contributed by atoms with van der Waals surface area (Å²) in [6, 6.07) is 19.3. The van der Waals surface area contributed by atoms with Crippen molar-refractivity contribution in [1.82, 2.24) is 0 Å². The number of hydrogen-bond donors (Lipinski definition) is 2. The van der Waals surface area contributed by atoms with Crippen LogP contribution in [0.4, 0.5) is 5.69 Å². The summed E-state index contributed by atoms with van der Waals surface area (Å²) in [5, 5.41) is 3.03. The van der Waals surface area contributed by atoms with Crippen LogP contribution in [0.25, 0.3) is 0 Å². The van der Waals surface area contributed by atoms with Gasteiger partial charge >= 0.3 is 0 Å². The van der Waals surface area contributed by atoms with E-state index in [2.05, 4.69) is 5.32 Å². The van der Waals surface area contributed by atoms with Gasteiger partial charge in [0.2, 0.25) is 9.03 Å². The smallest absolute Gasteiger partial charge is 0.212 e. The Morgan fingerprint density at radius 2 is 1.47 bits per heavy atom. The van der Waals surface area contributed by atoms with Gasteiger partial charge < -0.3 is 14.7 Å². The van der Waals surface area contributed by atoms with E-state index in [1.807, 2.05) is 55.6 Å². The Kier molecular flexibility index (Phi) is 6.80. The Balaban J connectivity index is 0.000000171. The van der Waals surface area contributed by atoms with E-state index in [9.17, 15) is 0 Å². The number of nitrogens with one attached hydrogen (secondary N) is 1. The standard InChI is InChI=1S/C7H9N.C6H7O2P/c1-8-7-5-3-2-4-6-7;7-9-8-6-4-2-1-3-5-6/h2-6,8H,1H3;1-5,7,9H. The Morgan fingerprint density at radius 1 is 0.941 bits per heavy atom. The zero-order valence-electron chi connectivity index (χ0n) is 9.63. The number of hydrogen-bond acceptors (Lipinski definition) is 3. The molecule has 2 aromatic rings. The second-order valence-electron chi connectivity index (χ2n) is 3.12. The molecular weight excluding hydrogens is 233 g/mol. The van der Waals surface area contributed by atoms with E-state index in [-0.39, 0.29) is 0 Å². The molecule has 1 unspecified atom stereocenters. The summed E-state index contributed by atoms with van der Waals surface area (Å²) in [5.41, 5.74) is 1.16. The lowest BCUT2D eigenvalue weighted by Gasteiger charge is -1.97. The molecule has 0 saturated carbocycles. The average Bonchev–Trinajstić information content (AvgIpc) is 2.42. The van der Waals surface area contributed by atoms with Gasteiger partial charge in [-0.25, -0.2) is 0 Å². The maximum atomic E-state index is 8.33. The molecule has 0 aliphatic carbocycles. The normalized spacial score (nSPS) is 9.53. The van der Waals surface area contributed by atoms with Gasteiger partial charge in [-0.1, -0.05) is 36.4 Å². The van der Waals surface area contributed by atoms with Crippen LogP contribution >= 0.6 is 9.03 Å². The molecule has 0 heterocycles. The minimum absolute atomic E-state index is 0.465. The van der Waals surface area contributed by atoms with Gasteiger partial charge in [0, 0.05) is 12.7 Å². The van der Waals surface area contributed by atoms with Gasteiger partial charge in [-0.2, -0.15) is 0 Å². The molecule has 4 heteroatoms. The van der Waals surface area contributed by atoms with Crippen molar-refractivity contribution in [2.75, 3.05) is 12.4 Å². The summed E-state index contributed by atoms with van der Waals surface area (Å²) in [7, 11) is 1.45. The van der Waals surface area contributed by atoms with Crippen LogP contribution in [0.1, 0.15) is 0 Å². The first kappa shape index (κ1) is 13.5. The summed E-state index contributed by atoms with van der Waals surface area (Å²) < 4.78 is 4.79. The van der Waals surface area contributed by atoms with Gasteiger partial charge in [0.25, 0.3) is 0 Å². The van der Waals surface area contributed by atoms with Gasteiger partial charge in [0.05, 0.1) is 0 Å². The molecule has 0 saturated heterocycles. The molecule has 1 atom stereocenters. The van der Waals surface area contributed by atoms with Crippen LogP contribution in [-0.2, 0) is 0 Å². The van der Waals surface area contributed by atoms with Crippen LogP contribution in [0.5, 0.6) is 5.75 Å². The molecule has 0 aliphatic heterocycles. The van der Waals surface area contributed by atoms with E-state index < -0.39 is 9.03 Å². The molecule has 2 N–H and O–H groups in total. The molecule has 0 radical (unpaired) electrons. The van der Waals surface area contributed by atoms with E-state index >= 15 is 0 Å². The van der Waals surface area contributed by atoms with Crippen molar-refractivity contribution in [2.24, 2.45) is 0 Å². The van der Waals surface area contributed by atoms with Crippen LogP contribution in [0, 0.1) is 0 Å². The van der Waals surface area contributed by atoms with Crippen molar-refractivity contribution in [1.29, 1.82) is 0 Å². The predicted octanol–water partition coefficient (Wildman–Crippen LogP) is 3.29. The fraction of sp³-hybridized carbons (Fsp3) is 0.0769. The van der Waals surface area contributed by atoms with Crippen molar-refractivity contribution in [3.63, 3.8) is 0 Å². The monoisotopic (exact) mass is 249 g/mol. The Labute approximate surface area is 103 Å². The SMILES string of the molecule is CNc1ccccc1.OPOc1ccccc1. The molecular formula is C13H16NO2P. The van der Waals surface area contributed by atoms with Crippen LogP contribution in [-0.4, -0.2) is 11.9 Å². The van der Waals surface area contributed by atoms with E-state index in [0.717, 1.165) is 5.69 Å². The van der Waals surface area contributed by atoms with Gasteiger partial charge in [-0.05, 0) is 24.3 Å². The Hall–Kier alpha value is -1.57. The molecule has 0 fully saturated rings. The summed E-state index contributed by atoms with van der Waals surface area (Å²) in [6.07, 6.45) is 0. The van der Waals surface area contributed by atoms with Crippen molar-refractivity contribution >= 4 is 14.7 Å². The van der Waals surface area contributed by atoms with E-state index in [0.29, 0.717) is 5.75 Å². The molecule has 0 amide bonds. The number of benzene rings is 2. The fourth-order valence-corrected chi connectivity index (χ4v) is 1.39. The second-order valence-corrected chi connectivity index (χ2v) is 3.51. The molecule has 3 nitrogen and oxygen atoms in total. The molecule has 0 aromatic heterocycles. The van der Waals surface area contributed by atoms with Crippen molar-refractivity contribution in [3.8, 4) is 5.75 Å². The zero-order chi connectivity index (χ0) is 12.3. The van der Waals surface area contributed by atoms with Crippen molar-refractivity contribution < 1.29 is 9.42 Å². The largest absolute Gasteiger partial charge is 0.450 e. The predicted molar refractivity (Wildman–Crippen MR) is 73.6 cm³/mol. The molecule has 0 bridgehead atoms. The van der Waals surface area contributed by atoms with Crippen LogP contribution in [0.3, 0.4) is 0 Å². The highest BCUT2D eigenvalue weighted by molar-refractivity contribution is 7.25. The van der Waals surface area contributed by atoms with Crippen LogP contribution in [0.15, 0.2) is 60.7 Å². The Morgan fingerprint density at radius 3 is 1.88 bits per heavy atom. The van der Waals surface area contributed by atoms with Gasteiger partial charge in [-0.3, -0.25) is 0 Å². The topological polar surface area (TPSA) is 41.5 Å². The molecule has 0 aliphatic rings. The lowest BCUT2D eigenvalue weighted by molar-refractivity contribution is 0.514. The van der Waals surface area contributed by atoms with Gasteiger partial charge in [0.15, 0.2) is 0 Å². The first-order chi connectivity index (χ1) is 8.36. The van der Waals surface area contributed by atoms with Gasteiger partial charge in [0.1, 0.15) is 5.75 Å². The average molecular weight is 249 g/mol. The van der Waals surface area contributed by atoms with E-state index in [1.54, 1.807) is 12.1 Å². The van der Waals surface area contributed by atoms with Crippen LogP contribution in [0.2, 0.25) is 0 Å². The highest BCUT2D eigenvalue weighted by Gasteiger charge is 1.85. The van der Waals surface area contributed by atoms with Crippen LogP contribution < -0.4 is 9.84 Å². The minimum atomic E-state index is -0.465. The first-order valence-corrected chi connectivity index (χ1v) is 6.06. The van der Waals surface area contributed by atoms with E-state index in [4.69, 9.17) is 9.42 Å². The second kappa shape index (κ2) is 8.57. The lowest BCUT2D eigenvalue weighted by Crippen LogP contribution is -1.84. The Bertz CT molecular complexity index is 395. The molecule has 0 spiro atoms. The number of rotatable bonds is 3. The zero-order valence-corrected chi connectivity index (χ0v) is 10.6. The third-order valence-corrected chi connectivity index (χ3v) is 2.30. The van der Waals surface area contributed by atoms with Crippen molar-refractivity contribution in [3.05, 3.63) is 60.7 Å². The summed E-state index contributed by atoms with van der Waals surface area (Å²) in [5.74, 6) is 0.707. The van der Waals surface area contributed by atoms with Gasteiger partial charge in [-0.15, -0.1) is 0 Å². The summed E-state index contributed by atoms with van der Waals surface area (Å²) in [4.78, 5) is 8.33. The lowest BCUT2D eigenvalue weighted by atomic mass is 10.3. The number of anilines is 1. The fourth-order valence-electron chi connectivity index (χ4n) is 1.15. The van der Waals surface area contributed by atoms with Crippen molar-refractivity contribution in [2.45, 2.75) is 0 Å². The molecule has 90 valence electrons. The summed E-state index contributed by atoms with van der Waals surface area (Å²) in [6.45, 7) is 0. The summed E-state index contributed by atoms with van der Waals surface area (Å²) >= 11 is 0. The molecule has 2 rings (SSSR count). The quantitative estimate of drug-likeness (QED) is 0.820. The molecule has 17 heavy (non-hydrogen) atoms. The highest BCUT2D eigenvalue weighted by Crippen LogP contribution is 2.15. The first-order valence-electron chi connectivity index (χ1n) is 5.20. The minimum Gasteiger partial charge on any atom is -0.450 e. The molecule has 2 aromatic carbocycles.